The number of ether oxygens (including phenoxy) is 1. The van der Waals surface area contributed by atoms with Crippen LogP contribution < -0.4 is 10.1 Å². The zero-order valence-electron chi connectivity index (χ0n) is 11.4. The number of methoxy groups -OCH3 is 1. The second kappa shape index (κ2) is 5.49. The molecular formula is C15H22N2O2. The average molecular weight is 262 g/mol. The molecule has 1 aromatic rings. The van der Waals surface area contributed by atoms with Crippen LogP contribution in [-0.2, 0) is 6.42 Å². The number of hydrogen-bond donors (Lipinski definition) is 2. The van der Waals surface area contributed by atoms with E-state index < -0.39 is 6.10 Å². The smallest absolute Gasteiger partial charge is 0.122 e. The van der Waals surface area contributed by atoms with Gasteiger partial charge in [0, 0.05) is 37.8 Å². The second-order valence-electron chi connectivity index (χ2n) is 5.36. The van der Waals surface area contributed by atoms with Crippen molar-refractivity contribution in [3.63, 3.8) is 0 Å². The largest absolute Gasteiger partial charge is 0.496 e. The molecule has 0 spiro atoms. The molecule has 1 aliphatic carbocycles. The first-order valence-corrected chi connectivity index (χ1v) is 7.10. The van der Waals surface area contributed by atoms with Crippen molar-refractivity contribution < 1.29 is 9.84 Å². The van der Waals surface area contributed by atoms with Gasteiger partial charge in [-0.3, -0.25) is 4.90 Å². The van der Waals surface area contributed by atoms with Crippen molar-refractivity contribution in [3.8, 4) is 5.75 Å². The van der Waals surface area contributed by atoms with E-state index in [9.17, 15) is 5.11 Å². The van der Waals surface area contributed by atoms with Crippen molar-refractivity contribution in [3.05, 3.63) is 29.3 Å². The minimum atomic E-state index is -0.392. The fraction of sp³-hybridized carbons (Fsp3) is 0.600. The van der Waals surface area contributed by atoms with E-state index in [-0.39, 0.29) is 6.04 Å². The third-order valence-electron chi connectivity index (χ3n) is 4.38. The van der Waals surface area contributed by atoms with E-state index in [0.717, 1.165) is 50.3 Å². The molecule has 4 nitrogen and oxygen atoms in total. The van der Waals surface area contributed by atoms with E-state index in [1.165, 1.54) is 5.56 Å². The van der Waals surface area contributed by atoms with Crippen molar-refractivity contribution in [2.24, 2.45) is 0 Å². The van der Waals surface area contributed by atoms with Gasteiger partial charge in [0.25, 0.3) is 0 Å². The number of aliphatic hydroxyl groups is 1. The predicted octanol–water partition coefficient (Wildman–Crippen LogP) is 0.949. The Morgan fingerprint density at radius 2 is 2.11 bits per heavy atom. The molecule has 1 fully saturated rings. The van der Waals surface area contributed by atoms with E-state index in [2.05, 4.69) is 10.2 Å². The summed E-state index contributed by atoms with van der Waals surface area (Å²) in [6, 6.07) is 6.25. The van der Waals surface area contributed by atoms with E-state index in [4.69, 9.17) is 4.74 Å². The molecule has 2 aliphatic rings. The Kier molecular flexibility index (Phi) is 3.73. The monoisotopic (exact) mass is 262 g/mol. The van der Waals surface area contributed by atoms with Crippen LogP contribution in [0.5, 0.6) is 5.75 Å². The lowest BCUT2D eigenvalue weighted by Gasteiger charge is -2.40. The summed E-state index contributed by atoms with van der Waals surface area (Å²) in [6.45, 7) is 4.10. The summed E-state index contributed by atoms with van der Waals surface area (Å²) in [6.07, 6.45) is 1.61. The average Bonchev–Trinajstić information content (AvgIpc) is 2.48. The maximum absolute atomic E-state index is 10.7. The van der Waals surface area contributed by atoms with Crippen LogP contribution in [0.3, 0.4) is 0 Å². The Labute approximate surface area is 114 Å². The Balaban J connectivity index is 1.85. The fourth-order valence-corrected chi connectivity index (χ4v) is 3.37. The molecular weight excluding hydrogens is 240 g/mol. The number of nitrogens with one attached hydrogen (secondary N) is 1. The number of hydrogen-bond acceptors (Lipinski definition) is 4. The van der Waals surface area contributed by atoms with Crippen LogP contribution in [0.4, 0.5) is 0 Å². The minimum Gasteiger partial charge on any atom is -0.496 e. The summed E-state index contributed by atoms with van der Waals surface area (Å²) >= 11 is 0. The number of fused-ring (bicyclic) bond motifs is 1. The number of nitrogens with zero attached hydrogens (tertiary/aromatic N) is 1. The van der Waals surface area contributed by atoms with Crippen LogP contribution in [0.25, 0.3) is 0 Å². The Hall–Kier alpha value is -1.10. The minimum absolute atomic E-state index is 0.252. The van der Waals surface area contributed by atoms with Crippen LogP contribution in [-0.4, -0.2) is 49.3 Å². The van der Waals surface area contributed by atoms with Crippen molar-refractivity contribution in [2.75, 3.05) is 33.3 Å². The number of aliphatic hydroxyl groups excluding tert-OH is 1. The molecule has 2 atom stereocenters. The van der Waals surface area contributed by atoms with Crippen molar-refractivity contribution in [2.45, 2.75) is 25.0 Å². The molecule has 0 radical (unpaired) electrons. The summed E-state index contributed by atoms with van der Waals surface area (Å²) in [5.74, 6) is 0.912. The topological polar surface area (TPSA) is 44.7 Å². The second-order valence-corrected chi connectivity index (χ2v) is 5.36. The lowest BCUT2D eigenvalue weighted by Crippen LogP contribution is -2.51. The molecule has 1 heterocycles. The zero-order valence-corrected chi connectivity index (χ0v) is 11.4. The Morgan fingerprint density at radius 3 is 2.84 bits per heavy atom. The highest BCUT2D eigenvalue weighted by atomic mass is 16.5. The molecule has 1 aromatic carbocycles. The molecule has 2 unspecified atom stereocenters. The first-order chi connectivity index (χ1) is 9.31. The standard InChI is InChI=1S/C15H22N2O2/c1-19-14-4-2-3-12-11(14)5-6-13(15(12)18)17-9-7-16-8-10-17/h2-4,13,15-16,18H,5-10H2,1H3. The van der Waals surface area contributed by atoms with Gasteiger partial charge in [-0.05, 0) is 24.5 Å². The Morgan fingerprint density at radius 1 is 1.32 bits per heavy atom. The summed E-state index contributed by atoms with van der Waals surface area (Å²) in [7, 11) is 1.70. The number of benzene rings is 1. The first kappa shape index (κ1) is 12.9. The fourth-order valence-electron chi connectivity index (χ4n) is 3.37. The van der Waals surface area contributed by atoms with Gasteiger partial charge >= 0.3 is 0 Å². The van der Waals surface area contributed by atoms with Crippen molar-refractivity contribution in [1.29, 1.82) is 0 Å². The SMILES string of the molecule is COc1cccc2c1CCC(N1CCNCC1)C2O. The summed E-state index contributed by atoms with van der Waals surface area (Å²) in [5, 5.41) is 14.0. The van der Waals surface area contributed by atoms with Gasteiger partial charge in [0.15, 0.2) is 0 Å². The quantitative estimate of drug-likeness (QED) is 0.833. The van der Waals surface area contributed by atoms with E-state index in [1.807, 2.05) is 18.2 Å². The molecule has 0 aromatic heterocycles. The molecule has 0 bridgehead atoms. The van der Waals surface area contributed by atoms with Crippen LogP contribution in [0.2, 0.25) is 0 Å². The van der Waals surface area contributed by atoms with Gasteiger partial charge in [-0.2, -0.15) is 0 Å². The molecule has 0 amide bonds. The van der Waals surface area contributed by atoms with Gasteiger partial charge in [0.2, 0.25) is 0 Å². The highest BCUT2D eigenvalue weighted by Crippen LogP contribution is 2.37. The van der Waals surface area contributed by atoms with Crippen LogP contribution in [0.15, 0.2) is 18.2 Å². The Bertz CT molecular complexity index is 444. The molecule has 19 heavy (non-hydrogen) atoms. The van der Waals surface area contributed by atoms with Gasteiger partial charge < -0.3 is 15.2 Å². The van der Waals surface area contributed by atoms with Gasteiger partial charge in [0.05, 0.1) is 13.2 Å². The van der Waals surface area contributed by atoms with Gasteiger partial charge in [-0.25, -0.2) is 0 Å². The van der Waals surface area contributed by atoms with Crippen LogP contribution in [0, 0.1) is 0 Å². The molecule has 3 rings (SSSR count). The van der Waals surface area contributed by atoms with E-state index in [0.29, 0.717) is 0 Å². The third-order valence-corrected chi connectivity index (χ3v) is 4.38. The van der Waals surface area contributed by atoms with Crippen LogP contribution in [0.1, 0.15) is 23.7 Å². The molecule has 0 saturated carbocycles. The van der Waals surface area contributed by atoms with Crippen molar-refractivity contribution in [1.82, 2.24) is 10.2 Å². The zero-order chi connectivity index (χ0) is 13.2. The highest BCUT2D eigenvalue weighted by Gasteiger charge is 2.33. The summed E-state index contributed by atoms with van der Waals surface area (Å²) in [5.41, 5.74) is 2.23. The lowest BCUT2D eigenvalue weighted by molar-refractivity contribution is 0.0293. The molecule has 104 valence electrons. The molecule has 1 aliphatic heterocycles. The van der Waals surface area contributed by atoms with Crippen LogP contribution >= 0.6 is 0 Å². The van der Waals surface area contributed by atoms with Gasteiger partial charge in [-0.1, -0.05) is 12.1 Å². The molecule has 1 saturated heterocycles. The summed E-state index contributed by atoms with van der Waals surface area (Å²) in [4.78, 5) is 2.42. The summed E-state index contributed by atoms with van der Waals surface area (Å²) < 4.78 is 5.41. The van der Waals surface area contributed by atoms with Gasteiger partial charge in [0.1, 0.15) is 5.75 Å². The molecule has 4 heteroatoms. The maximum Gasteiger partial charge on any atom is 0.122 e. The number of piperazine rings is 1. The van der Waals surface area contributed by atoms with E-state index in [1.54, 1.807) is 7.11 Å². The predicted molar refractivity (Wildman–Crippen MR) is 74.5 cm³/mol. The number of rotatable bonds is 2. The van der Waals surface area contributed by atoms with E-state index >= 15 is 0 Å². The molecule has 2 N–H and O–H groups in total. The first-order valence-electron chi connectivity index (χ1n) is 7.10. The maximum atomic E-state index is 10.7. The van der Waals surface area contributed by atoms with Crippen molar-refractivity contribution >= 4 is 0 Å². The van der Waals surface area contributed by atoms with Gasteiger partial charge in [-0.15, -0.1) is 0 Å². The highest BCUT2D eigenvalue weighted by molar-refractivity contribution is 5.43. The lowest BCUT2D eigenvalue weighted by atomic mass is 9.84. The third kappa shape index (κ3) is 2.36. The normalized spacial score (nSPS) is 27.9.